The molecule has 15 heavy (non-hydrogen) atoms. The molecule has 1 aromatic rings. The average molecular weight is 204 g/mol. The highest BCUT2D eigenvalue weighted by atomic mass is 16.1. The Morgan fingerprint density at radius 2 is 2.13 bits per heavy atom. The Labute approximate surface area is 90.4 Å². The van der Waals surface area contributed by atoms with E-state index >= 15 is 0 Å². The van der Waals surface area contributed by atoms with E-state index in [-0.39, 0.29) is 5.91 Å². The fourth-order valence-corrected chi connectivity index (χ4v) is 1.23. The maximum absolute atomic E-state index is 10.9. The van der Waals surface area contributed by atoms with Gasteiger partial charge in [-0.2, -0.15) is 0 Å². The largest absolute Gasteiger partial charge is 0.373 e. The second-order valence-electron chi connectivity index (χ2n) is 3.25. The van der Waals surface area contributed by atoms with Gasteiger partial charge in [0.05, 0.1) is 0 Å². The van der Waals surface area contributed by atoms with Gasteiger partial charge >= 0.3 is 0 Å². The molecule has 0 atom stereocenters. The summed E-state index contributed by atoms with van der Waals surface area (Å²) in [5.74, 6) is -0.128. The number of rotatable bonds is 5. The molecule has 80 valence electrons. The number of benzene rings is 1. The molecule has 0 aliphatic carbocycles. The van der Waals surface area contributed by atoms with Crippen molar-refractivity contribution in [1.82, 2.24) is 5.32 Å². The molecule has 0 aliphatic rings. The van der Waals surface area contributed by atoms with Gasteiger partial charge in [0.1, 0.15) is 0 Å². The summed E-state index contributed by atoms with van der Waals surface area (Å²) in [4.78, 5) is 13.0. The van der Waals surface area contributed by atoms with Gasteiger partial charge in [0.15, 0.2) is 0 Å². The van der Waals surface area contributed by atoms with Crippen LogP contribution in [0.3, 0.4) is 0 Å². The zero-order valence-corrected chi connectivity index (χ0v) is 8.94. The Morgan fingerprint density at radius 3 is 2.73 bits per heavy atom. The van der Waals surface area contributed by atoms with Crippen molar-refractivity contribution >= 4 is 11.6 Å². The minimum atomic E-state index is -0.128. The van der Waals surface area contributed by atoms with E-state index in [2.05, 4.69) is 16.8 Å². The van der Waals surface area contributed by atoms with Gasteiger partial charge in [0.25, 0.3) is 0 Å². The highest BCUT2D eigenvalue weighted by Gasteiger charge is 1.99. The highest BCUT2D eigenvalue weighted by Crippen LogP contribution is 2.09. The van der Waals surface area contributed by atoms with Crippen LogP contribution in [0.5, 0.6) is 0 Å². The van der Waals surface area contributed by atoms with E-state index in [1.54, 1.807) is 0 Å². The van der Waals surface area contributed by atoms with E-state index in [9.17, 15) is 4.79 Å². The predicted molar refractivity (Wildman–Crippen MR) is 62.9 cm³/mol. The Balaban J connectivity index is 2.34. The number of nitrogens with zero attached hydrogens (tertiary/aromatic N) is 1. The molecule has 0 heterocycles. The van der Waals surface area contributed by atoms with E-state index in [0.717, 1.165) is 12.2 Å². The summed E-state index contributed by atoms with van der Waals surface area (Å²) in [6, 6.07) is 10.0. The summed E-state index contributed by atoms with van der Waals surface area (Å²) in [6.45, 7) is 4.79. The predicted octanol–water partition coefficient (Wildman–Crippen LogP) is 1.42. The van der Waals surface area contributed by atoms with Crippen LogP contribution in [0.1, 0.15) is 0 Å². The molecule has 1 N–H and O–H groups in total. The first kappa shape index (κ1) is 11.3. The summed E-state index contributed by atoms with van der Waals surface area (Å²) in [5.41, 5.74) is 1.14. The van der Waals surface area contributed by atoms with Gasteiger partial charge in [-0.1, -0.05) is 24.8 Å². The lowest BCUT2D eigenvalue weighted by Crippen LogP contribution is -2.31. The van der Waals surface area contributed by atoms with Gasteiger partial charge < -0.3 is 10.2 Å². The Bertz CT molecular complexity index is 322. The lowest BCUT2D eigenvalue weighted by molar-refractivity contribution is -0.116. The van der Waals surface area contributed by atoms with Crippen molar-refractivity contribution in [3.8, 4) is 0 Å². The molecule has 3 heteroatoms. The number of para-hydroxylation sites is 1. The number of amides is 1. The molecule has 0 fully saturated rings. The highest BCUT2D eigenvalue weighted by molar-refractivity contribution is 5.86. The van der Waals surface area contributed by atoms with Crippen molar-refractivity contribution in [3.63, 3.8) is 0 Å². The smallest absolute Gasteiger partial charge is 0.243 e. The maximum Gasteiger partial charge on any atom is 0.243 e. The minimum absolute atomic E-state index is 0.128. The molecular weight excluding hydrogens is 188 g/mol. The molecule has 1 rings (SSSR count). The van der Waals surface area contributed by atoms with Crippen molar-refractivity contribution in [2.45, 2.75) is 0 Å². The first-order chi connectivity index (χ1) is 7.24. The van der Waals surface area contributed by atoms with Gasteiger partial charge in [-0.15, -0.1) is 0 Å². The van der Waals surface area contributed by atoms with Crippen molar-refractivity contribution in [1.29, 1.82) is 0 Å². The molecule has 3 nitrogen and oxygen atoms in total. The Hall–Kier alpha value is -1.77. The monoisotopic (exact) mass is 204 g/mol. The van der Waals surface area contributed by atoms with Crippen molar-refractivity contribution in [2.75, 3.05) is 25.0 Å². The number of hydrogen-bond donors (Lipinski definition) is 1. The summed E-state index contributed by atoms with van der Waals surface area (Å²) in [5, 5.41) is 2.73. The molecule has 1 aromatic carbocycles. The quantitative estimate of drug-likeness (QED) is 0.736. The van der Waals surface area contributed by atoms with Crippen LogP contribution >= 0.6 is 0 Å². The topological polar surface area (TPSA) is 32.3 Å². The number of hydrogen-bond acceptors (Lipinski definition) is 2. The lowest BCUT2D eigenvalue weighted by atomic mass is 10.3. The van der Waals surface area contributed by atoms with E-state index in [1.165, 1.54) is 6.08 Å². The number of anilines is 1. The molecule has 1 amide bonds. The van der Waals surface area contributed by atoms with Gasteiger partial charge in [-0.05, 0) is 18.2 Å². The molecule has 0 unspecified atom stereocenters. The summed E-state index contributed by atoms with van der Waals surface area (Å²) in [6.07, 6.45) is 1.28. The first-order valence-electron chi connectivity index (χ1n) is 4.90. The van der Waals surface area contributed by atoms with Crippen LogP contribution in [0, 0.1) is 0 Å². The number of carbonyl (C=O) groups is 1. The van der Waals surface area contributed by atoms with Gasteiger partial charge in [-0.25, -0.2) is 0 Å². The summed E-state index contributed by atoms with van der Waals surface area (Å²) in [7, 11) is 2.00. The third-order valence-corrected chi connectivity index (χ3v) is 2.13. The zero-order valence-electron chi connectivity index (χ0n) is 8.94. The molecule has 0 radical (unpaired) electrons. The second-order valence-corrected chi connectivity index (χ2v) is 3.25. The van der Waals surface area contributed by atoms with Crippen molar-refractivity contribution in [2.24, 2.45) is 0 Å². The van der Waals surface area contributed by atoms with Crippen LogP contribution < -0.4 is 10.2 Å². The van der Waals surface area contributed by atoms with Crippen LogP contribution in [-0.4, -0.2) is 26.0 Å². The van der Waals surface area contributed by atoms with Crippen molar-refractivity contribution < 1.29 is 4.79 Å². The second kappa shape index (κ2) is 5.86. The standard InChI is InChI=1S/C12H16N2O/c1-3-12(15)13-9-10-14(2)11-7-5-4-6-8-11/h3-8H,1,9-10H2,2H3,(H,13,15). The fraction of sp³-hybridized carbons (Fsp3) is 0.250. The van der Waals surface area contributed by atoms with E-state index in [4.69, 9.17) is 0 Å². The minimum Gasteiger partial charge on any atom is -0.373 e. The van der Waals surface area contributed by atoms with Crippen LogP contribution in [0.2, 0.25) is 0 Å². The van der Waals surface area contributed by atoms with Gasteiger partial charge in [-0.3, -0.25) is 4.79 Å². The van der Waals surface area contributed by atoms with E-state index in [1.807, 2.05) is 37.4 Å². The van der Waals surface area contributed by atoms with Gasteiger partial charge in [0.2, 0.25) is 5.91 Å². The zero-order chi connectivity index (χ0) is 11.1. The molecule has 0 spiro atoms. The fourth-order valence-electron chi connectivity index (χ4n) is 1.23. The molecule has 0 aliphatic heterocycles. The van der Waals surface area contributed by atoms with E-state index < -0.39 is 0 Å². The van der Waals surface area contributed by atoms with Crippen LogP contribution in [0.25, 0.3) is 0 Å². The Morgan fingerprint density at radius 1 is 1.47 bits per heavy atom. The van der Waals surface area contributed by atoms with Crippen molar-refractivity contribution in [3.05, 3.63) is 43.0 Å². The molecular formula is C12H16N2O. The first-order valence-corrected chi connectivity index (χ1v) is 4.90. The summed E-state index contributed by atoms with van der Waals surface area (Å²) < 4.78 is 0. The third-order valence-electron chi connectivity index (χ3n) is 2.13. The average Bonchev–Trinajstić information content (AvgIpc) is 2.29. The third kappa shape index (κ3) is 3.85. The van der Waals surface area contributed by atoms with Crippen LogP contribution in [0.15, 0.2) is 43.0 Å². The number of carbonyl (C=O) groups excluding carboxylic acids is 1. The maximum atomic E-state index is 10.9. The number of nitrogens with one attached hydrogen (secondary N) is 1. The summed E-state index contributed by atoms with van der Waals surface area (Å²) >= 11 is 0. The molecule has 0 saturated carbocycles. The molecule has 0 saturated heterocycles. The van der Waals surface area contributed by atoms with Gasteiger partial charge in [0, 0.05) is 25.8 Å². The Kier molecular flexibility index (Phi) is 4.41. The lowest BCUT2D eigenvalue weighted by Gasteiger charge is -2.18. The SMILES string of the molecule is C=CC(=O)NCCN(C)c1ccccc1. The van der Waals surface area contributed by atoms with Crippen LogP contribution in [-0.2, 0) is 4.79 Å². The van der Waals surface area contributed by atoms with Crippen LogP contribution in [0.4, 0.5) is 5.69 Å². The molecule has 0 aromatic heterocycles. The van der Waals surface area contributed by atoms with E-state index in [0.29, 0.717) is 6.54 Å². The molecule has 0 bridgehead atoms. The number of likely N-dealkylation sites (N-methyl/N-ethyl adjacent to an activating group) is 1. The normalized spacial score (nSPS) is 9.40.